The predicted molar refractivity (Wildman–Crippen MR) is 127 cm³/mol. The van der Waals surface area contributed by atoms with Crippen LogP contribution in [0.1, 0.15) is 19.5 Å². The molecule has 8 nitrogen and oxygen atoms in total. The fourth-order valence-electron chi connectivity index (χ4n) is 4.20. The Labute approximate surface area is 192 Å². The molecular weight excluding hydrogens is 419 g/mol. The van der Waals surface area contributed by atoms with Crippen LogP contribution in [0.5, 0.6) is 0 Å². The van der Waals surface area contributed by atoms with Gasteiger partial charge in [-0.25, -0.2) is 18.9 Å². The van der Waals surface area contributed by atoms with Crippen LogP contribution in [0.4, 0.5) is 21.6 Å². The molecule has 1 aliphatic rings. The van der Waals surface area contributed by atoms with Crippen LogP contribution in [0.3, 0.4) is 0 Å². The van der Waals surface area contributed by atoms with Crippen LogP contribution in [0.15, 0.2) is 55.1 Å². The summed E-state index contributed by atoms with van der Waals surface area (Å²) in [6.07, 6.45) is 4.79. The van der Waals surface area contributed by atoms with Crippen molar-refractivity contribution in [1.82, 2.24) is 29.5 Å². The molecule has 3 aromatic heterocycles. The Morgan fingerprint density at radius 1 is 1.00 bits per heavy atom. The zero-order chi connectivity index (χ0) is 22.8. The molecule has 0 radical (unpaired) electrons. The quantitative estimate of drug-likeness (QED) is 0.481. The molecule has 1 aliphatic heterocycles. The number of hydrogen-bond acceptors (Lipinski definition) is 7. The molecule has 0 saturated carbocycles. The molecule has 9 heteroatoms. The average molecular weight is 447 g/mol. The number of piperazine rings is 1. The number of hydrogen-bond donors (Lipinski definition) is 1. The molecule has 1 fully saturated rings. The van der Waals surface area contributed by atoms with Crippen molar-refractivity contribution in [3.63, 3.8) is 0 Å². The lowest BCUT2D eigenvalue weighted by molar-refractivity contribution is 0.209. The van der Waals surface area contributed by atoms with Gasteiger partial charge < -0.3 is 10.2 Å². The Morgan fingerprint density at radius 3 is 2.52 bits per heavy atom. The smallest absolute Gasteiger partial charge is 0.199 e. The second-order valence-corrected chi connectivity index (χ2v) is 8.45. The molecule has 5 rings (SSSR count). The van der Waals surface area contributed by atoms with Crippen LogP contribution in [0, 0.1) is 0 Å². The minimum Gasteiger partial charge on any atom is -0.369 e. The van der Waals surface area contributed by atoms with Crippen molar-refractivity contribution in [2.24, 2.45) is 0 Å². The average Bonchev–Trinajstić information content (AvgIpc) is 3.35. The summed E-state index contributed by atoms with van der Waals surface area (Å²) in [5.74, 6) is 0.606. The summed E-state index contributed by atoms with van der Waals surface area (Å²) in [4.78, 5) is 17.9. The van der Waals surface area contributed by atoms with E-state index in [2.05, 4.69) is 73.3 Å². The van der Waals surface area contributed by atoms with Crippen molar-refractivity contribution >= 4 is 22.8 Å². The van der Waals surface area contributed by atoms with E-state index in [1.807, 2.05) is 6.07 Å². The molecule has 170 valence electrons. The molecule has 0 spiro atoms. The predicted octanol–water partition coefficient (Wildman–Crippen LogP) is 3.93. The highest BCUT2D eigenvalue weighted by Crippen LogP contribution is 2.26. The van der Waals surface area contributed by atoms with Crippen molar-refractivity contribution in [2.75, 3.05) is 36.4 Å². The number of benzene rings is 1. The molecule has 0 bridgehead atoms. The standard InChI is InChI=1S/C24H27FN8/c1-17(2)31-9-11-32(12-10-31)21-5-3-19(4-6-21)30-23-24-28-16-29-33(24)22(15-27-23)18-7-8-26-20(13-18)14-25/h3-8,13,15-17H,9-12,14H2,1-2H3,(H,27,30). The maximum Gasteiger partial charge on any atom is 0.199 e. The van der Waals surface area contributed by atoms with Crippen molar-refractivity contribution in [3.8, 4) is 11.3 Å². The summed E-state index contributed by atoms with van der Waals surface area (Å²) in [6.45, 7) is 8.13. The minimum atomic E-state index is -0.620. The first-order valence-electron chi connectivity index (χ1n) is 11.2. The Hall–Kier alpha value is -3.59. The maximum absolute atomic E-state index is 13.0. The number of rotatable bonds is 6. The lowest BCUT2D eigenvalue weighted by atomic mass is 10.2. The zero-order valence-corrected chi connectivity index (χ0v) is 18.8. The highest BCUT2D eigenvalue weighted by molar-refractivity contribution is 5.74. The van der Waals surface area contributed by atoms with Gasteiger partial charge in [-0.2, -0.15) is 5.10 Å². The van der Waals surface area contributed by atoms with Crippen molar-refractivity contribution in [2.45, 2.75) is 26.6 Å². The summed E-state index contributed by atoms with van der Waals surface area (Å²) in [7, 11) is 0. The van der Waals surface area contributed by atoms with Gasteiger partial charge in [0.25, 0.3) is 0 Å². The highest BCUT2D eigenvalue weighted by atomic mass is 19.1. The van der Waals surface area contributed by atoms with Crippen LogP contribution in [0.2, 0.25) is 0 Å². The second kappa shape index (κ2) is 9.11. The lowest BCUT2D eigenvalue weighted by Gasteiger charge is -2.38. The molecule has 1 N–H and O–H groups in total. The van der Waals surface area contributed by atoms with Gasteiger partial charge in [-0.1, -0.05) is 0 Å². The first kappa shape index (κ1) is 21.3. The number of alkyl halides is 1. The van der Waals surface area contributed by atoms with Gasteiger partial charge in [0.05, 0.1) is 17.6 Å². The van der Waals surface area contributed by atoms with E-state index in [0.717, 1.165) is 43.1 Å². The fourth-order valence-corrected chi connectivity index (χ4v) is 4.20. The van der Waals surface area contributed by atoms with Gasteiger partial charge in [0.15, 0.2) is 11.5 Å². The van der Waals surface area contributed by atoms with Crippen LogP contribution in [0.25, 0.3) is 16.9 Å². The topological polar surface area (TPSA) is 74.5 Å². The number of anilines is 3. The number of halogens is 1. The van der Waals surface area contributed by atoms with E-state index in [1.165, 1.54) is 12.0 Å². The molecule has 0 aliphatic carbocycles. The van der Waals surface area contributed by atoms with Gasteiger partial charge in [0.2, 0.25) is 0 Å². The molecule has 0 unspecified atom stereocenters. The van der Waals surface area contributed by atoms with E-state index in [9.17, 15) is 4.39 Å². The number of aromatic nitrogens is 5. The Bertz CT molecular complexity index is 1230. The minimum absolute atomic E-state index is 0.369. The van der Waals surface area contributed by atoms with E-state index in [1.54, 1.807) is 23.0 Å². The molecule has 4 heterocycles. The normalized spacial score (nSPS) is 14.8. The van der Waals surface area contributed by atoms with E-state index >= 15 is 0 Å². The number of pyridine rings is 1. The van der Waals surface area contributed by atoms with Gasteiger partial charge in [-0.05, 0) is 50.2 Å². The lowest BCUT2D eigenvalue weighted by Crippen LogP contribution is -2.48. The van der Waals surface area contributed by atoms with Gasteiger partial charge >= 0.3 is 0 Å². The van der Waals surface area contributed by atoms with E-state index in [4.69, 9.17) is 0 Å². The van der Waals surface area contributed by atoms with Crippen molar-refractivity contribution < 1.29 is 4.39 Å². The third-order valence-corrected chi connectivity index (χ3v) is 6.09. The number of fused-ring (bicyclic) bond motifs is 1. The van der Waals surface area contributed by atoms with E-state index in [-0.39, 0.29) is 0 Å². The molecular formula is C24H27FN8. The van der Waals surface area contributed by atoms with Crippen LogP contribution >= 0.6 is 0 Å². The monoisotopic (exact) mass is 446 g/mol. The molecule has 33 heavy (non-hydrogen) atoms. The van der Waals surface area contributed by atoms with Crippen LogP contribution in [-0.4, -0.2) is 61.7 Å². The summed E-state index contributed by atoms with van der Waals surface area (Å²) < 4.78 is 14.8. The number of nitrogens with zero attached hydrogens (tertiary/aromatic N) is 7. The van der Waals surface area contributed by atoms with Crippen molar-refractivity contribution in [3.05, 3.63) is 60.8 Å². The van der Waals surface area contributed by atoms with Crippen LogP contribution < -0.4 is 10.2 Å². The third kappa shape index (κ3) is 4.36. The zero-order valence-electron chi connectivity index (χ0n) is 18.8. The Morgan fingerprint density at radius 2 is 1.79 bits per heavy atom. The van der Waals surface area contributed by atoms with Gasteiger partial charge in [0, 0.05) is 55.4 Å². The maximum atomic E-state index is 13.0. The summed E-state index contributed by atoms with van der Waals surface area (Å²) in [5, 5.41) is 7.70. The SMILES string of the molecule is CC(C)N1CCN(c2ccc(Nc3ncc(-c4ccnc(CF)c4)n4ncnc34)cc2)CC1. The van der Waals surface area contributed by atoms with Crippen LogP contribution in [-0.2, 0) is 6.67 Å². The van der Waals surface area contributed by atoms with E-state index in [0.29, 0.717) is 23.2 Å². The fraction of sp³-hybridized carbons (Fsp3) is 0.333. The Kier molecular flexibility index (Phi) is 5.87. The first-order valence-corrected chi connectivity index (χ1v) is 11.2. The highest BCUT2D eigenvalue weighted by Gasteiger charge is 2.19. The van der Waals surface area contributed by atoms with Gasteiger partial charge in [-0.15, -0.1) is 0 Å². The molecule has 4 aromatic rings. The van der Waals surface area contributed by atoms with E-state index < -0.39 is 6.67 Å². The molecule has 1 saturated heterocycles. The summed E-state index contributed by atoms with van der Waals surface area (Å²) in [6, 6.07) is 12.5. The van der Waals surface area contributed by atoms with Gasteiger partial charge in [-0.3, -0.25) is 9.88 Å². The molecule has 1 aromatic carbocycles. The second-order valence-electron chi connectivity index (χ2n) is 8.45. The first-order chi connectivity index (χ1) is 16.1. The van der Waals surface area contributed by atoms with Crippen molar-refractivity contribution in [1.29, 1.82) is 0 Å². The largest absolute Gasteiger partial charge is 0.369 e. The third-order valence-electron chi connectivity index (χ3n) is 6.09. The Balaban J connectivity index is 1.34. The summed E-state index contributed by atoms with van der Waals surface area (Å²) >= 11 is 0. The van der Waals surface area contributed by atoms with Gasteiger partial charge in [0.1, 0.15) is 13.0 Å². The molecule has 0 amide bonds. The summed E-state index contributed by atoms with van der Waals surface area (Å²) in [5.41, 5.74) is 4.62. The molecule has 0 atom stereocenters. The number of nitrogens with one attached hydrogen (secondary N) is 1.